The zero-order chi connectivity index (χ0) is 15.0. The van der Waals surface area contributed by atoms with Crippen molar-refractivity contribution in [3.8, 4) is 0 Å². The molecule has 0 aliphatic heterocycles. The molecule has 106 valence electrons. The normalized spacial score (nSPS) is 11.7. The van der Waals surface area contributed by atoms with Crippen LogP contribution in [0, 0.1) is 0 Å². The second kappa shape index (κ2) is 7.19. The quantitative estimate of drug-likeness (QED) is 0.465. The van der Waals surface area contributed by atoms with Crippen LogP contribution in [0.4, 0.5) is 0 Å². The highest BCUT2D eigenvalue weighted by molar-refractivity contribution is 5.89. The predicted octanol–water partition coefficient (Wildman–Crippen LogP) is 5.34. The zero-order valence-corrected chi connectivity index (χ0v) is 12.3. The van der Waals surface area contributed by atoms with Crippen LogP contribution in [0.2, 0.25) is 0 Å². The molecule has 0 spiro atoms. The van der Waals surface area contributed by atoms with E-state index in [2.05, 4.69) is 65.7 Å². The summed E-state index contributed by atoms with van der Waals surface area (Å²) in [5.41, 5.74) is 4.50. The van der Waals surface area contributed by atoms with Gasteiger partial charge in [-0.05, 0) is 41.0 Å². The SMILES string of the molecule is C(=Cc1ccccn1)C(=Cc1ccccc1)c1ccccc1. The Morgan fingerprint density at radius 1 is 0.727 bits per heavy atom. The van der Waals surface area contributed by atoms with Gasteiger partial charge in [0.05, 0.1) is 5.69 Å². The van der Waals surface area contributed by atoms with E-state index in [0.29, 0.717) is 0 Å². The molecule has 3 rings (SSSR count). The van der Waals surface area contributed by atoms with Crippen LogP contribution in [0.15, 0.2) is 91.1 Å². The van der Waals surface area contributed by atoms with Gasteiger partial charge in [0.25, 0.3) is 0 Å². The van der Waals surface area contributed by atoms with Gasteiger partial charge in [-0.3, -0.25) is 4.98 Å². The number of rotatable bonds is 4. The number of benzene rings is 2. The van der Waals surface area contributed by atoms with Gasteiger partial charge in [-0.25, -0.2) is 0 Å². The minimum atomic E-state index is 0.956. The monoisotopic (exact) mass is 283 g/mol. The molecule has 1 heteroatoms. The summed E-state index contributed by atoms with van der Waals surface area (Å²) in [5, 5.41) is 0. The van der Waals surface area contributed by atoms with Gasteiger partial charge in [0, 0.05) is 6.20 Å². The van der Waals surface area contributed by atoms with E-state index in [4.69, 9.17) is 0 Å². The summed E-state index contributed by atoms with van der Waals surface area (Å²) < 4.78 is 0. The van der Waals surface area contributed by atoms with Crippen molar-refractivity contribution in [1.82, 2.24) is 4.98 Å². The first-order chi connectivity index (χ1) is 10.9. The number of allylic oxidation sites excluding steroid dienone is 2. The number of pyridine rings is 1. The van der Waals surface area contributed by atoms with Crippen molar-refractivity contribution in [2.45, 2.75) is 0 Å². The van der Waals surface area contributed by atoms with Crippen molar-refractivity contribution < 1.29 is 0 Å². The van der Waals surface area contributed by atoms with Gasteiger partial charge in [0.1, 0.15) is 0 Å². The Morgan fingerprint density at radius 3 is 2.09 bits per heavy atom. The van der Waals surface area contributed by atoms with Crippen LogP contribution in [0.3, 0.4) is 0 Å². The van der Waals surface area contributed by atoms with Crippen LogP contribution < -0.4 is 0 Å². The highest BCUT2D eigenvalue weighted by Gasteiger charge is 1.98. The van der Waals surface area contributed by atoms with E-state index >= 15 is 0 Å². The van der Waals surface area contributed by atoms with E-state index in [1.165, 1.54) is 11.1 Å². The van der Waals surface area contributed by atoms with E-state index in [1.807, 2.05) is 42.6 Å². The molecule has 0 aliphatic rings. The first-order valence-electron chi connectivity index (χ1n) is 7.33. The first kappa shape index (κ1) is 14.0. The second-order valence-corrected chi connectivity index (χ2v) is 4.96. The lowest BCUT2D eigenvalue weighted by Gasteiger charge is -2.03. The molecular weight excluding hydrogens is 266 g/mol. The number of aromatic nitrogens is 1. The molecule has 1 aromatic heterocycles. The van der Waals surface area contributed by atoms with Gasteiger partial charge in [-0.2, -0.15) is 0 Å². The van der Waals surface area contributed by atoms with E-state index in [-0.39, 0.29) is 0 Å². The fourth-order valence-corrected chi connectivity index (χ4v) is 2.24. The third kappa shape index (κ3) is 3.80. The highest BCUT2D eigenvalue weighted by Crippen LogP contribution is 2.20. The van der Waals surface area contributed by atoms with Gasteiger partial charge in [0.2, 0.25) is 0 Å². The average molecular weight is 283 g/mol. The summed E-state index contributed by atoms with van der Waals surface area (Å²) in [7, 11) is 0. The number of hydrogen-bond donors (Lipinski definition) is 0. The molecular formula is C21H17N. The van der Waals surface area contributed by atoms with Crippen LogP contribution in [-0.4, -0.2) is 4.98 Å². The molecule has 22 heavy (non-hydrogen) atoms. The lowest BCUT2D eigenvalue weighted by molar-refractivity contribution is 1.30. The first-order valence-corrected chi connectivity index (χ1v) is 7.33. The second-order valence-electron chi connectivity index (χ2n) is 4.96. The Labute approximate surface area is 131 Å². The lowest BCUT2D eigenvalue weighted by atomic mass is 10.0. The molecule has 0 saturated heterocycles. The summed E-state index contributed by atoms with van der Waals surface area (Å²) in [6.07, 6.45) is 8.16. The maximum atomic E-state index is 4.34. The molecule has 0 radical (unpaired) electrons. The molecule has 3 aromatic rings. The minimum absolute atomic E-state index is 0.956. The minimum Gasteiger partial charge on any atom is -0.257 e. The lowest BCUT2D eigenvalue weighted by Crippen LogP contribution is -1.82. The van der Waals surface area contributed by atoms with E-state index in [0.717, 1.165) is 11.3 Å². The molecule has 0 fully saturated rings. The molecule has 0 atom stereocenters. The Bertz CT molecular complexity index is 757. The summed E-state index contributed by atoms with van der Waals surface area (Å²) in [6, 6.07) is 26.7. The van der Waals surface area contributed by atoms with Gasteiger partial charge in [-0.15, -0.1) is 0 Å². The fraction of sp³-hybridized carbons (Fsp3) is 0. The third-order valence-corrected chi connectivity index (χ3v) is 3.35. The van der Waals surface area contributed by atoms with Gasteiger partial charge in [0.15, 0.2) is 0 Å². The van der Waals surface area contributed by atoms with Crippen molar-refractivity contribution in [2.24, 2.45) is 0 Å². The van der Waals surface area contributed by atoms with Crippen molar-refractivity contribution in [1.29, 1.82) is 0 Å². The van der Waals surface area contributed by atoms with Crippen LogP contribution in [-0.2, 0) is 0 Å². The molecule has 0 amide bonds. The summed E-state index contributed by atoms with van der Waals surface area (Å²) in [4.78, 5) is 4.34. The van der Waals surface area contributed by atoms with E-state index in [9.17, 15) is 0 Å². The summed E-state index contributed by atoms with van der Waals surface area (Å²) >= 11 is 0. The highest BCUT2D eigenvalue weighted by atomic mass is 14.6. The standard InChI is InChI=1S/C21H17N/c1-3-9-18(10-4-1)17-20(19-11-5-2-6-12-19)14-15-21-13-7-8-16-22-21/h1-17H. The third-order valence-electron chi connectivity index (χ3n) is 3.35. The maximum absolute atomic E-state index is 4.34. The molecule has 0 unspecified atom stereocenters. The number of nitrogens with zero attached hydrogens (tertiary/aromatic N) is 1. The van der Waals surface area contributed by atoms with Crippen LogP contribution >= 0.6 is 0 Å². The topological polar surface area (TPSA) is 12.9 Å². The zero-order valence-electron chi connectivity index (χ0n) is 12.3. The van der Waals surface area contributed by atoms with Crippen LogP contribution in [0.1, 0.15) is 16.8 Å². The molecule has 2 aromatic carbocycles. The smallest absolute Gasteiger partial charge is 0.0629 e. The van der Waals surface area contributed by atoms with Gasteiger partial charge < -0.3 is 0 Å². The Balaban J connectivity index is 1.97. The predicted molar refractivity (Wildman–Crippen MR) is 94.0 cm³/mol. The Morgan fingerprint density at radius 2 is 1.41 bits per heavy atom. The van der Waals surface area contributed by atoms with Crippen molar-refractivity contribution in [3.05, 3.63) is 108 Å². The Hall–Kier alpha value is -2.93. The average Bonchev–Trinajstić information content (AvgIpc) is 2.61. The molecule has 0 bridgehead atoms. The molecule has 0 aliphatic carbocycles. The fourth-order valence-electron chi connectivity index (χ4n) is 2.24. The van der Waals surface area contributed by atoms with Crippen LogP contribution in [0.5, 0.6) is 0 Å². The molecule has 0 saturated carbocycles. The largest absolute Gasteiger partial charge is 0.257 e. The molecule has 1 heterocycles. The van der Waals surface area contributed by atoms with Crippen molar-refractivity contribution in [3.63, 3.8) is 0 Å². The van der Waals surface area contributed by atoms with Crippen molar-refractivity contribution in [2.75, 3.05) is 0 Å². The Kier molecular flexibility index (Phi) is 4.58. The molecule has 0 N–H and O–H groups in total. The summed E-state index contributed by atoms with van der Waals surface area (Å²) in [6.45, 7) is 0. The number of hydrogen-bond acceptors (Lipinski definition) is 1. The molecule has 1 nitrogen and oxygen atoms in total. The van der Waals surface area contributed by atoms with E-state index < -0.39 is 0 Å². The van der Waals surface area contributed by atoms with Crippen molar-refractivity contribution >= 4 is 17.7 Å². The summed E-state index contributed by atoms with van der Waals surface area (Å²) in [5.74, 6) is 0. The maximum Gasteiger partial charge on any atom is 0.0629 e. The van der Waals surface area contributed by atoms with Gasteiger partial charge >= 0.3 is 0 Å². The van der Waals surface area contributed by atoms with Crippen LogP contribution in [0.25, 0.3) is 17.7 Å². The van der Waals surface area contributed by atoms with Gasteiger partial charge in [-0.1, -0.05) is 72.8 Å². The van der Waals surface area contributed by atoms with E-state index in [1.54, 1.807) is 0 Å².